The van der Waals surface area contributed by atoms with Crippen molar-refractivity contribution in [3.05, 3.63) is 27.2 Å². The summed E-state index contributed by atoms with van der Waals surface area (Å²) in [6, 6.07) is 3.69. The Bertz CT molecular complexity index is 674. The molecule has 1 atom stereocenters. The fraction of sp³-hybridized carbons (Fsp3) is 0.529. The Labute approximate surface area is 140 Å². The molecular weight excluding hydrogens is 321 g/mol. The molecule has 22 heavy (non-hydrogen) atoms. The van der Waals surface area contributed by atoms with Crippen LogP contribution in [-0.4, -0.2) is 12.4 Å². The van der Waals surface area contributed by atoms with Crippen molar-refractivity contribution < 1.29 is 9.53 Å². The van der Waals surface area contributed by atoms with Gasteiger partial charge in [0.2, 0.25) is 0 Å². The highest BCUT2D eigenvalue weighted by Crippen LogP contribution is 2.52. The predicted octanol–water partition coefficient (Wildman–Crippen LogP) is 4.83. The number of ketones is 1. The van der Waals surface area contributed by atoms with Crippen LogP contribution in [0.15, 0.2) is 6.07 Å². The minimum atomic E-state index is -0.389. The summed E-state index contributed by atoms with van der Waals surface area (Å²) in [6.07, 6.45) is 5.24. The minimum Gasteiger partial charge on any atom is -0.477 e. The van der Waals surface area contributed by atoms with E-state index in [1.165, 1.54) is 12.8 Å². The molecule has 0 aromatic heterocycles. The number of carbonyl (C=O) groups is 1. The van der Waals surface area contributed by atoms with Crippen LogP contribution in [0.5, 0.6) is 5.75 Å². The topological polar surface area (TPSA) is 50.1 Å². The molecule has 0 heterocycles. The fourth-order valence-corrected chi connectivity index (χ4v) is 4.41. The van der Waals surface area contributed by atoms with E-state index in [2.05, 4.69) is 0 Å². The van der Waals surface area contributed by atoms with Gasteiger partial charge >= 0.3 is 0 Å². The highest BCUT2D eigenvalue weighted by molar-refractivity contribution is 6.45. The average molecular weight is 338 g/mol. The van der Waals surface area contributed by atoms with Crippen molar-refractivity contribution in [3.63, 3.8) is 0 Å². The second-order valence-electron chi connectivity index (χ2n) is 6.39. The number of ether oxygens (including phenoxy) is 1. The van der Waals surface area contributed by atoms with Gasteiger partial charge in [-0.25, -0.2) is 0 Å². The first-order valence-electron chi connectivity index (χ1n) is 7.54. The molecule has 0 amide bonds. The van der Waals surface area contributed by atoms with Crippen molar-refractivity contribution in [1.29, 1.82) is 5.26 Å². The maximum atomic E-state index is 13.0. The SMILES string of the molecule is CC1(C2CCCC2)Cc2cc(OCC#N)c(Cl)c(Cl)c2C1=O. The van der Waals surface area contributed by atoms with E-state index in [1.807, 2.05) is 13.0 Å². The number of rotatable bonds is 3. The van der Waals surface area contributed by atoms with Crippen molar-refractivity contribution in [2.45, 2.75) is 39.0 Å². The van der Waals surface area contributed by atoms with Gasteiger partial charge < -0.3 is 4.74 Å². The van der Waals surface area contributed by atoms with Crippen molar-refractivity contribution in [3.8, 4) is 11.8 Å². The second-order valence-corrected chi connectivity index (χ2v) is 7.14. The van der Waals surface area contributed by atoms with Crippen LogP contribution in [0, 0.1) is 22.7 Å². The van der Waals surface area contributed by atoms with Crippen LogP contribution in [0.4, 0.5) is 0 Å². The zero-order valence-electron chi connectivity index (χ0n) is 12.4. The fourth-order valence-electron chi connectivity index (χ4n) is 3.91. The molecule has 0 spiro atoms. The first-order valence-corrected chi connectivity index (χ1v) is 8.30. The van der Waals surface area contributed by atoms with Gasteiger partial charge in [0.15, 0.2) is 12.4 Å². The van der Waals surface area contributed by atoms with Gasteiger partial charge in [-0.3, -0.25) is 4.79 Å². The van der Waals surface area contributed by atoms with Crippen molar-refractivity contribution in [2.75, 3.05) is 6.61 Å². The summed E-state index contributed by atoms with van der Waals surface area (Å²) in [7, 11) is 0. The highest BCUT2D eigenvalue weighted by Gasteiger charge is 2.49. The summed E-state index contributed by atoms with van der Waals surface area (Å²) in [5, 5.41) is 9.13. The lowest BCUT2D eigenvalue weighted by molar-refractivity contribution is 0.0744. The molecule has 0 bridgehead atoms. The first-order chi connectivity index (χ1) is 10.5. The Morgan fingerprint density at radius 1 is 1.36 bits per heavy atom. The largest absolute Gasteiger partial charge is 0.477 e. The third-order valence-corrected chi connectivity index (χ3v) is 5.96. The second kappa shape index (κ2) is 5.76. The molecule has 3 rings (SSSR count). The van der Waals surface area contributed by atoms with E-state index >= 15 is 0 Å². The molecule has 0 radical (unpaired) electrons. The highest BCUT2D eigenvalue weighted by atomic mass is 35.5. The molecule has 1 saturated carbocycles. The Morgan fingerprint density at radius 2 is 2.05 bits per heavy atom. The van der Waals surface area contributed by atoms with Crippen LogP contribution in [0.1, 0.15) is 48.5 Å². The molecule has 0 aliphatic heterocycles. The summed E-state index contributed by atoms with van der Waals surface area (Å²) in [5.41, 5.74) is 1.05. The third kappa shape index (κ3) is 2.30. The van der Waals surface area contributed by atoms with E-state index < -0.39 is 0 Å². The van der Waals surface area contributed by atoms with E-state index in [0.717, 1.165) is 18.4 Å². The van der Waals surface area contributed by atoms with E-state index in [9.17, 15) is 4.79 Å². The monoisotopic (exact) mass is 337 g/mol. The van der Waals surface area contributed by atoms with Gasteiger partial charge in [-0.05, 0) is 36.8 Å². The van der Waals surface area contributed by atoms with Gasteiger partial charge in [-0.2, -0.15) is 5.26 Å². The van der Waals surface area contributed by atoms with Gasteiger partial charge in [0.1, 0.15) is 16.8 Å². The lowest BCUT2D eigenvalue weighted by Crippen LogP contribution is -2.32. The van der Waals surface area contributed by atoms with Crippen molar-refractivity contribution in [1.82, 2.24) is 0 Å². The van der Waals surface area contributed by atoms with Gasteiger partial charge in [0.05, 0.1) is 5.02 Å². The normalized spacial score (nSPS) is 24.4. The summed E-state index contributed by atoms with van der Waals surface area (Å²) in [6.45, 7) is 1.95. The van der Waals surface area contributed by atoms with E-state index in [1.54, 1.807) is 6.07 Å². The van der Waals surface area contributed by atoms with Crippen LogP contribution in [0.25, 0.3) is 0 Å². The number of nitrogens with zero attached hydrogens (tertiary/aromatic N) is 1. The summed E-state index contributed by atoms with van der Waals surface area (Å²) >= 11 is 12.5. The van der Waals surface area contributed by atoms with Crippen LogP contribution in [-0.2, 0) is 6.42 Å². The maximum Gasteiger partial charge on any atom is 0.174 e. The molecule has 0 N–H and O–H groups in total. The Morgan fingerprint density at radius 3 is 2.68 bits per heavy atom. The summed E-state index contributed by atoms with van der Waals surface area (Å²) in [5.74, 6) is 0.897. The molecule has 0 saturated heterocycles. The molecule has 2 aliphatic carbocycles. The minimum absolute atomic E-state index is 0.0946. The molecule has 5 heteroatoms. The average Bonchev–Trinajstić information content (AvgIpc) is 3.10. The van der Waals surface area contributed by atoms with Crippen molar-refractivity contribution in [2.24, 2.45) is 11.3 Å². The van der Waals surface area contributed by atoms with Gasteiger partial charge in [0, 0.05) is 11.0 Å². The number of fused-ring (bicyclic) bond motifs is 1. The van der Waals surface area contributed by atoms with E-state index in [0.29, 0.717) is 23.7 Å². The van der Waals surface area contributed by atoms with Crippen LogP contribution in [0.2, 0.25) is 10.0 Å². The number of hydrogen-bond donors (Lipinski definition) is 0. The van der Waals surface area contributed by atoms with Crippen LogP contribution < -0.4 is 4.74 Å². The Balaban J connectivity index is 2.01. The number of halogens is 2. The van der Waals surface area contributed by atoms with Gasteiger partial charge in [0.25, 0.3) is 0 Å². The molecule has 1 aromatic rings. The molecule has 1 aromatic carbocycles. The molecule has 1 fully saturated rings. The van der Waals surface area contributed by atoms with E-state index in [-0.39, 0.29) is 27.9 Å². The number of Topliss-reactive ketones (excluding diaryl/α,β-unsaturated/α-hetero) is 1. The number of nitriles is 1. The Kier molecular flexibility index (Phi) is 4.09. The molecule has 1 unspecified atom stereocenters. The van der Waals surface area contributed by atoms with Gasteiger partial charge in [-0.15, -0.1) is 0 Å². The van der Waals surface area contributed by atoms with E-state index in [4.69, 9.17) is 33.2 Å². The molecule has 116 valence electrons. The summed E-state index contributed by atoms with van der Waals surface area (Å²) < 4.78 is 5.33. The van der Waals surface area contributed by atoms with Crippen LogP contribution >= 0.6 is 23.2 Å². The van der Waals surface area contributed by atoms with Gasteiger partial charge in [-0.1, -0.05) is 43.0 Å². The number of benzene rings is 1. The molecule has 3 nitrogen and oxygen atoms in total. The summed E-state index contributed by atoms with van der Waals surface area (Å²) in [4.78, 5) is 13.0. The lowest BCUT2D eigenvalue weighted by atomic mass is 9.73. The zero-order valence-corrected chi connectivity index (χ0v) is 13.9. The van der Waals surface area contributed by atoms with Crippen molar-refractivity contribution >= 4 is 29.0 Å². The first kappa shape index (κ1) is 15.6. The quantitative estimate of drug-likeness (QED) is 0.793. The van der Waals surface area contributed by atoms with Crippen LogP contribution in [0.3, 0.4) is 0 Å². The number of hydrogen-bond acceptors (Lipinski definition) is 3. The zero-order chi connectivity index (χ0) is 15.9. The number of carbonyl (C=O) groups excluding carboxylic acids is 1. The standard InChI is InChI=1S/C17H17Cl2NO2/c1-17(11-4-2-3-5-11)9-10-8-12(22-7-6-20)14(18)15(19)13(10)16(17)21/h8,11H,2-5,7,9H2,1H3. The lowest BCUT2D eigenvalue weighted by Gasteiger charge is -2.29. The smallest absolute Gasteiger partial charge is 0.174 e. The molecular formula is C17H17Cl2NO2. The third-order valence-electron chi connectivity index (χ3n) is 5.11. The molecule has 2 aliphatic rings. The maximum absolute atomic E-state index is 13.0. The predicted molar refractivity (Wildman–Crippen MR) is 85.7 cm³/mol. The Hall–Kier alpha value is -1.24.